The summed E-state index contributed by atoms with van der Waals surface area (Å²) in [5.41, 5.74) is 3.69. The van der Waals surface area contributed by atoms with Gasteiger partial charge in [0, 0.05) is 67.4 Å². The summed E-state index contributed by atoms with van der Waals surface area (Å²) in [6.07, 6.45) is 4.42. The van der Waals surface area contributed by atoms with Gasteiger partial charge in [0.2, 0.25) is 11.9 Å². The van der Waals surface area contributed by atoms with Gasteiger partial charge in [-0.25, -0.2) is 4.98 Å². The lowest BCUT2D eigenvalue weighted by Gasteiger charge is -2.35. The van der Waals surface area contributed by atoms with E-state index in [1.807, 2.05) is 24.3 Å². The van der Waals surface area contributed by atoms with Gasteiger partial charge in [0.25, 0.3) is 0 Å². The van der Waals surface area contributed by atoms with Crippen LogP contribution in [0.4, 0.5) is 23.0 Å². The fourth-order valence-corrected chi connectivity index (χ4v) is 4.44. The van der Waals surface area contributed by atoms with Gasteiger partial charge in [0.05, 0.1) is 5.39 Å². The monoisotopic (exact) mass is 495 g/mol. The number of fused-ring (bicyclic) bond motifs is 1. The van der Waals surface area contributed by atoms with Crippen LogP contribution in [0, 0.1) is 0 Å². The van der Waals surface area contributed by atoms with Gasteiger partial charge in [-0.3, -0.25) is 9.59 Å². The van der Waals surface area contributed by atoms with Crippen LogP contribution in [0.3, 0.4) is 0 Å². The van der Waals surface area contributed by atoms with E-state index in [0.29, 0.717) is 22.7 Å². The summed E-state index contributed by atoms with van der Waals surface area (Å²) < 4.78 is 1.80. The second-order valence-corrected chi connectivity index (χ2v) is 8.82. The Balaban J connectivity index is 1.40. The van der Waals surface area contributed by atoms with E-state index in [1.165, 1.54) is 24.0 Å². The van der Waals surface area contributed by atoms with Crippen LogP contribution in [0.15, 0.2) is 84.4 Å². The number of carbonyl (C=O) groups excluding carboxylic acids is 1. The molecule has 188 valence electrons. The zero-order valence-corrected chi connectivity index (χ0v) is 20.7. The van der Waals surface area contributed by atoms with Crippen LogP contribution < -0.4 is 21.0 Å². The van der Waals surface area contributed by atoms with Crippen molar-refractivity contribution in [3.8, 4) is 5.69 Å². The number of pyridine rings is 1. The van der Waals surface area contributed by atoms with Crippen molar-refractivity contribution in [1.29, 1.82) is 0 Å². The van der Waals surface area contributed by atoms with Crippen molar-refractivity contribution < 1.29 is 4.79 Å². The highest BCUT2D eigenvalue weighted by atomic mass is 16.1. The van der Waals surface area contributed by atoms with Crippen molar-refractivity contribution in [2.75, 3.05) is 48.3 Å². The molecule has 1 fully saturated rings. The smallest absolute Gasteiger partial charge is 0.247 e. The molecular weight excluding hydrogens is 466 g/mol. The van der Waals surface area contributed by atoms with Crippen LogP contribution in [0.2, 0.25) is 0 Å². The first-order valence-electron chi connectivity index (χ1n) is 12.3. The highest BCUT2D eigenvalue weighted by molar-refractivity contribution is 5.99. The number of aromatic nitrogens is 3. The second kappa shape index (κ2) is 10.6. The lowest BCUT2D eigenvalue weighted by molar-refractivity contribution is -0.111. The number of benzene rings is 2. The van der Waals surface area contributed by atoms with Crippen LogP contribution in [0.1, 0.15) is 6.92 Å². The first-order valence-corrected chi connectivity index (χ1v) is 12.3. The molecular formula is C28H29N7O2. The first-order chi connectivity index (χ1) is 18.0. The second-order valence-electron chi connectivity index (χ2n) is 8.82. The van der Waals surface area contributed by atoms with E-state index in [-0.39, 0.29) is 11.3 Å². The van der Waals surface area contributed by atoms with E-state index < -0.39 is 0 Å². The molecule has 0 bridgehead atoms. The predicted octanol–water partition coefficient (Wildman–Crippen LogP) is 3.79. The Morgan fingerprint density at radius 3 is 2.54 bits per heavy atom. The van der Waals surface area contributed by atoms with E-state index in [9.17, 15) is 9.59 Å². The average molecular weight is 496 g/mol. The summed E-state index contributed by atoms with van der Waals surface area (Å²) in [4.78, 5) is 38.1. The number of hydrogen-bond acceptors (Lipinski definition) is 7. The Labute approximate surface area is 215 Å². The van der Waals surface area contributed by atoms with Crippen molar-refractivity contribution in [3.63, 3.8) is 0 Å². The van der Waals surface area contributed by atoms with E-state index in [0.717, 1.165) is 44.1 Å². The molecule has 1 amide bonds. The molecule has 5 rings (SSSR count). The zero-order valence-electron chi connectivity index (χ0n) is 20.7. The van der Waals surface area contributed by atoms with Crippen molar-refractivity contribution >= 4 is 40.0 Å². The van der Waals surface area contributed by atoms with Crippen molar-refractivity contribution in [2.24, 2.45) is 0 Å². The van der Waals surface area contributed by atoms with Crippen molar-refractivity contribution in [1.82, 2.24) is 19.4 Å². The Kier molecular flexibility index (Phi) is 6.96. The largest absolute Gasteiger partial charge is 0.369 e. The summed E-state index contributed by atoms with van der Waals surface area (Å²) in [5, 5.41) is 6.41. The molecule has 0 spiro atoms. The number of piperazine rings is 1. The molecule has 37 heavy (non-hydrogen) atoms. The third kappa shape index (κ3) is 5.36. The van der Waals surface area contributed by atoms with Crippen LogP contribution in [-0.4, -0.2) is 58.1 Å². The summed E-state index contributed by atoms with van der Waals surface area (Å²) in [7, 11) is 0. The molecule has 1 aliphatic heterocycles. The molecule has 2 aromatic heterocycles. The average Bonchev–Trinajstić information content (AvgIpc) is 2.94. The number of amides is 1. The number of nitrogens with zero attached hydrogens (tertiary/aromatic N) is 5. The third-order valence-corrected chi connectivity index (χ3v) is 6.52. The molecule has 0 unspecified atom stereocenters. The molecule has 2 N–H and O–H groups in total. The molecule has 0 saturated carbocycles. The van der Waals surface area contributed by atoms with E-state index in [2.05, 4.69) is 56.0 Å². The van der Waals surface area contributed by atoms with Gasteiger partial charge in [0.15, 0.2) is 11.1 Å². The quantitative estimate of drug-likeness (QED) is 0.377. The minimum atomic E-state index is -0.301. The Morgan fingerprint density at radius 2 is 1.81 bits per heavy atom. The van der Waals surface area contributed by atoms with Crippen LogP contribution >= 0.6 is 0 Å². The van der Waals surface area contributed by atoms with Crippen molar-refractivity contribution in [3.05, 3.63) is 89.9 Å². The maximum Gasteiger partial charge on any atom is 0.247 e. The maximum absolute atomic E-state index is 12.5. The number of rotatable bonds is 7. The zero-order chi connectivity index (χ0) is 25.8. The Morgan fingerprint density at radius 1 is 1.03 bits per heavy atom. The normalized spacial score (nSPS) is 13.9. The van der Waals surface area contributed by atoms with Crippen molar-refractivity contribution in [2.45, 2.75) is 6.92 Å². The fourth-order valence-electron chi connectivity index (χ4n) is 4.44. The number of nitrogens with one attached hydrogen (secondary N) is 2. The van der Waals surface area contributed by atoms with Gasteiger partial charge in [-0.2, -0.15) is 4.98 Å². The SMILES string of the molecule is C=CC(=O)Nc1cccc(-n2ccc(=O)c3cnc(Nc4ccc(N5CCN(CC)CC5)cc4)nc32)c1. The molecule has 2 aromatic carbocycles. The van der Waals surface area contributed by atoms with Gasteiger partial charge in [-0.1, -0.05) is 19.6 Å². The molecule has 0 atom stereocenters. The molecule has 0 aliphatic carbocycles. The van der Waals surface area contributed by atoms with E-state index in [4.69, 9.17) is 0 Å². The molecule has 0 radical (unpaired) electrons. The molecule has 9 nitrogen and oxygen atoms in total. The van der Waals surface area contributed by atoms with Gasteiger partial charge >= 0.3 is 0 Å². The number of carbonyl (C=O) groups is 1. The lowest BCUT2D eigenvalue weighted by Crippen LogP contribution is -2.46. The van der Waals surface area contributed by atoms with Crippen LogP contribution in [0.25, 0.3) is 16.7 Å². The number of hydrogen-bond donors (Lipinski definition) is 2. The minimum Gasteiger partial charge on any atom is -0.369 e. The molecule has 4 aromatic rings. The van der Waals surface area contributed by atoms with Gasteiger partial charge in [0.1, 0.15) is 0 Å². The standard InChI is InChI=1S/C28H29N7O2/c1-3-26(37)30-21-6-5-7-23(18-21)35-13-12-25(36)24-19-29-28(32-27(24)35)31-20-8-10-22(11-9-20)34-16-14-33(4-2)15-17-34/h3,5-13,18-19H,1,4,14-17H2,2H3,(H,30,37)(H,29,31,32). The first kappa shape index (κ1) is 24.2. The summed E-state index contributed by atoms with van der Waals surface area (Å²) >= 11 is 0. The fraction of sp³-hybridized carbons (Fsp3) is 0.214. The van der Waals surface area contributed by atoms with Crippen LogP contribution in [0.5, 0.6) is 0 Å². The maximum atomic E-state index is 12.5. The molecule has 3 heterocycles. The van der Waals surface area contributed by atoms with E-state index >= 15 is 0 Å². The highest BCUT2D eigenvalue weighted by Gasteiger charge is 2.16. The topological polar surface area (TPSA) is 95.4 Å². The number of likely N-dealkylation sites (N-methyl/N-ethyl adjacent to an activating group) is 1. The lowest BCUT2D eigenvalue weighted by atomic mass is 10.2. The van der Waals surface area contributed by atoms with Gasteiger partial charge in [-0.15, -0.1) is 0 Å². The van der Waals surface area contributed by atoms with Gasteiger partial charge in [-0.05, 0) is 55.1 Å². The summed E-state index contributed by atoms with van der Waals surface area (Å²) in [6, 6.07) is 17.0. The highest BCUT2D eigenvalue weighted by Crippen LogP contribution is 2.23. The molecule has 1 aliphatic rings. The van der Waals surface area contributed by atoms with Crippen LogP contribution in [-0.2, 0) is 4.79 Å². The number of anilines is 4. The predicted molar refractivity (Wildman–Crippen MR) is 148 cm³/mol. The minimum absolute atomic E-state index is 0.165. The van der Waals surface area contributed by atoms with E-state index in [1.54, 1.807) is 22.9 Å². The van der Waals surface area contributed by atoms with Gasteiger partial charge < -0.3 is 25.0 Å². The summed E-state index contributed by atoms with van der Waals surface area (Å²) in [5.74, 6) is 0.0808. The molecule has 1 saturated heterocycles. The Hall–Kier alpha value is -4.50. The Bertz CT molecular complexity index is 1490. The molecule has 9 heteroatoms. The third-order valence-electron chi connectivity index (χ3n) is 6.52. The summed E-state index contributed by atoms with van der Waals surface area (Å²) in [6.45, 7) is 11.0.